The lowest BCUT2D eigenvalue weighted by Crippen LogP contribution is -1.66. The van der Waals surface area contributed by atoms with Gasteiger partial charge in [0.15, 0.2) is 25.1 Å². The van der Waals surface area contributed by atoms with Crippen LogP contribution in [0.25, 0.3) is 0 Å². The molecule has 0 aliphatic heterocycles. The number of aryl methyl sites for hydroxylation is 3. The Kier molecular flexibility index (Phi) is 55.3. The standard InChI is InChI=1S/3C4H5NO.4C4H10.C3H3NO.3CH4/c1-4-2-6-3-5-4;1-4-2-5-3-6-4;1-4-5-2-3-6-4;4*1-4(2)3;1-2-5-3-4-1;;;/h3*2-3H,1H3;4*4H,1-3H3;1-3H;3*1H4. The lowest BCUT2D eigenvalue weighted by molar-refractivity contribution is 0.521. The minimum absolute atomic E-state index is 0. The third-order valence-electron chi connectivity index (χ3n) is 2.01. The molecule has 0 aromatic carbocycles. The van der Waals surface area contributed by atoms with Gasteiger partial charge in [0.05, 0.1) is 24.3 Å². The summed E-state index contributed by atoms with van der Waals surface area (Å²) in [5.41, 5.74) is 0.926. The van der Waals surface area contributed by atoms with E-state index in [0.29, 0.717) is 0 Å². The second-order valence-corrected chi connectivity index (χ2v) is 10.9. The highest BCUT2D eigenvalue weighted by Gasteiger charge is 1.78. The van der Waals surface area contributed by atoms with Gasteiger partial charge in [0.1, 0.15) is 24.5 Å². The maximum absolute atomic E-state index is 4.72. The Morgan fingerprint density at radius 1 is 0.524 bits per heavy atom. The first-order chi connectivity index (χ1) is 18.1. The number of hydrogen-bond donors (Lipinski definition) is 0. The van der Waals surface area contributed by atoms with Crippen LogP contribution in [-0.4, -0.2) is 19.9 Å². The molecule has 0 spiro atoms. The largest absolute Gasteiger partial charge is 0.452 e. The monoisotopic (exact) mass is 599 g/mol. The van der Waals surface area contributed by atoms with E-state index in [2.05, 4.69) is 112 Å². The van der Waals surface area contributed by atoms with Crippen molar-refractivity contribution in [1.29, 1.82) is 0 Å². The molecule has 0 N–H and O–H groups in total. The summed E-state index contributed by atoms with van der Waals surface area (Å²) in [5, 5.41) is 0. The smallest absolute Gasteiger partial charge is 0.190 e. The molecule has 0 saturated carbocycles. The van der Waals surface area contributed by atoms with Crippen molar-refractivity contribution in [3.63, 3.8) is 0 Å². The Hall–Kier alpha value is -3.16. The normalized spacial score (nSPS) is 8.17. The molecule has 4 aromatic rings. The van der Waals surface area contributed by atoms with Gasteiger partial charge < -0.3 is 17.7 Å². The van der Waals surface area contributed by atoms with Gasteiger partial charge >= 0.3 is 0 Å². The van der Waals surface area contributed by atoms with E-state index < -0.39 is 0 Å². The number of nitrogens with zero attached hydrogens (tertiary/aromatic N) is 4. The average Bonchev–Trinajstić information content (AvgIpc) is 3.59. The van der Waals surface area contributed by atoms with E-state index in [-0.39, 0.29) is 22.3 Å². The van der Waals surface area contributed by atoms with Gasteiger partial charge in [-0.2, -0.15) is 0 Å². The molecule has 0 saturated heterocycles. The molecule has 8 nitrogen and oxygen atoms in total. The van der Waals surface area contributed by atoms with Gasteiger partial charge in [0.2, 0.25) is 0 Å². The Morgan fingerprint density at radius 3 is 1.10 bits per heavy atom. The molecule has 0 aliphatic rings. The van der Waals surface area contributed by atoms with Crippen LogP contribution < -0.4 is 0 Å². The van der Waals surface area contributed by atoms with Crippen molar-refractivity contribution in [3.05, 3.63) is 73.9 Å². The maximum atomic E-state index is 4.72. The molecule has 0 fully saturated rings. The van der Waals surface area contributed by atoms with Crippen molar-refractivity contribution >= 4 is 0 Å². The van der Waals surface area contributed by atoms with Gasteiger partial charge in [0.25, 0.3) is 0 Å². The first-order valence-corrected chi connectivity index (χ1v) is 13.5. The van der Waals surface area contributed by atoms with Crippen molar-refractivity contribution in [2.24, 2.45) is 23.7 Å². The molecule has 0 radical (unpaired) electrons. The van der Waals surface area contributed by atoms with Crippen LogP contribution in [-0.2, 0) is 0 Å². The van der Waals surface area contributed by atoms with E-state index in [9.17, 15) is 0 Å². The molecule has 4 aromatic heterocycles. The summed E-state index contributed by atoms with van der Waals surface area (Å²) in [5.74, 6) is 4.91. The number of oxazole rings is 4. The molecule has 0 atom stereocenters. The average molecular weight is 599 g/mol. The van der Waals surface area contributed by atoms with Gasteiger partial charge in [0, 0.05) is 6.92 Å². The Balaban J connectivity index is -0.0000000666. The van der Waals surface area contributed by atoms with Crippen molar-refractivity contribution in [2.45, 2.75) is 126 Å². The second kappa shape index (κ2) is 42.3. The highest BCUT2D eigenvalue weighted by atomic mass is 16.3. The third kappa shape index (κ3) is 90.7. The van der Waals surface area contributed by atoms with Crippen LogP contribution in [0.1, 0.15) is 123 Å². The fourth-order valence-corrected chi connectivity index (χ4v) is 1.02. The summed E-state index contributed by atoms with van der Waals surface area (Å²) in [6.07, 6.45) is 13.7. The van der Waals surface area contributed by atoms with E-state index in [4.69, 9.17) is 8.83 Å². The summed E-state index contributed by atoms with van der Waals surface area (Å²) in [7, 11) is 0. The Bertz CT molecular complexity index is 711. The minimum atomic E-state index is 0. The molecular formula is C34H70N4O4. The summed E-state index contributed by atoms with van der Waals surface area (Å²) in [4.78, 5) is 14.7. The molecule has 250 valence electrons. The molecule has 0 unspecified atom stereocenters. The fourth-order valence-electron chi connectivity index (χ4n) is 1.02. The zero-order valence-corrected chi connectivity index (χ0v) is 27.4. The van der Waals surface area contributed by atoms with Crippen LogP contribution in [0.4, 0.5) is 0 Å². The fraction of sp³-hybridized carbons (Fsp3) is 0.647. The molecule has 0 amide bonds. The zero-order valence-electron chi connectivity index (χ0n) is 27.4. The quantitative estimate of drug-likeness (QED) is 0.197. The lowest BCUT2D eigenvalue weighted by atomic mass is 10.3. The van der Waals surface area contributed by atoms with Crippen molar-refractivity contribution in [1.82, 2.24) is 19.9 Å². The van der Waals surface area contributed by atoms with Crippen molar-refractivity contribution in [2.75, 3.05) is 0 Å². The van der Waals surface area contributed by atoms with Gasteiger partial charge in [-0.15, -0.1) is 0 Å². The predicted molar refractivity (Wildman–Crippen MR) is 182 cm³/mol. The summed E-state index contributed by atoms with van der Waals surface area (Å²) < 4.78 is 18.5. The minimum Gasteiger partial charge on any atom is -0.452 e. The summed E-state index contributed by atoms with van der Waals surface area (Å²) in [6, 6.07) is 0. The molecule has 0 bridgehead atoms. The SMILES string of the molecule is C.C.C.CC(C)C.CC(C)C.CC(C)C.CC(C)C.Cc1cnco1.Cc1cocn1.Cc1ncco1.c1cocn1. The predicted octanol–water partition coefficient (Wildman–Crippen LogP) is 12.2. The first-order valence-electron chi connectivity index (χ1n) is 13.5. The molecule has 42 heavy (non-hydrogen) atoms. The third-order valence-corrected chi connectivity index (χ3v) is 2.01. The highest BCUT2D eigenvalue weighted by Crippen LogP contribution is 1.89. The summed E-state index contributed by atoms with van der Waals surface area (Å²) >= 11 is 0. The highest BCUT2D eigenvalue weighted by molar-refractivity contribution is 4.83. The van der Waals surface area contributed by atoms with Crippen molar-refractivity contribution in [3.8, 4) is 0 Å². The topological polar surface area (TPSA) is 104 Å². The Labute approximate surface area is 261 Å². The second-order valence-electron chi connectivity index (χ2n) is 10.9. The van der Waals surface area contributed by atoms with Crippen LogP contribution in [0.5, 0.6) is 0 Å². The van der Waals surface area contributed by atoms with E-state index >= 15 is 0 Å². The van der Waals surface area contributed by atoms with Gasteiger partial charge in [-0.25, -0.2) is 19.9 Å². The van der Waals surface area contributed by atoms with E-state index in [1.807, 2.05) is 13.8 Å². The number of hydrogen-bond acceptors (Lipinski definition) is 8. The van der Waals surface area contributed by atoms with Gasteiger partial charge in [-0.3, -0.25) is 0 Å². The molecule has 8 heteroatoms. The molecule has 4 rings (SSSR count). The van der Waals surface area contributed by atoms with E-state index in [1.54, 1.807) is 38.0 Å². The molecule has 4 heterocycles. The van der Waals surface area contributed by atoms with E-state index in [1.165, 1.54) is 25.4 Å². The van der Waals surface area contributed by atoms with Crippen LogP contribution in [0.2, 0.25) is 0 Å². The van der Waals surface area contributed by atoms with Crippen LogP contribution in [0.15, 0.2) is 74.2 Å². The lowest BCUT2D eigenvalue weighted by Gasteiger charge is -1.79. The Morgan fingerprint density at radius 2 is 1.00 bits per heavy atom. The van der Waals surface area contributed by atoms with Gasteiger partial charge in [-0.05, 0) is 37.5 Å². The van der Waals surface area contributed by atoms with Crippen LogP contribution >= 0.6 is 0 Å². The van der Waals surface area contributed by atoms with E-state index in [0.717, 1.165) is 41.0 Å². The van der Waals surface area contributed by atoms with Crippen molar-refractivity contribution < 1.29 is 17.7 Å². The maximum Gasteiger partial charge on any atom is 0.190 e. The molecular weight excluding hydrogens is 528 g/mol. The van der Waals surface area contributed by atoms with Gasteiger partial charge in [-0.1, -0.05) is 105 Å². The van der Waals surface area contributed by atoms with Crippen LogP contribution in [0, 0.1) is 44.4 Å². The zero-order chi connectivity index (χ0) is 31.1. The molecule has 0 aliphatic carbocycles. The first kappa shape index (κ1) is 54.9. The number of aromatic nitrogens is 4. The summed E-state index contributed by atoms with van der Waals surface area (Å²) in [6.45, 7) is 31.5. The van der Waals surface area contributed by atoms with Crippen LogP contribution in [0.3, 0.4) is 0 Å². The number of rotatable bonds is 0.